The zero-order valence-electron chi connectivity index (χ0n) is 9.54. The van der Waals surface area contributed by atoms with Crippen molar-refractivity contribution in [1.29, 1.82) is 0 Å². The summed E-state index contributed by atoms with van der Waals surface area (Å²) in [7, 11) is 1.38. The SMILES string of the molecule is COC(=O)C=CCC=CCC(C)(C)C. The molecule has 14 heavy (non-hydrogen) atoms. The topological polar surface area (TPSA) is 26.3 Å². The summed E-state index contributed by atoms with van der Waals surface area (Å²) in [4.78, 5) is 10.7. The number of hydrogen-bond acceptors (Lipinski definition) is 2. The number of rotatable bonds is 4. The molecule has 80 valence electrons. The van der Waals surface area contributed by atoms with Gasteiger partial charge in [-0.15, -0.1) is 0 Å². The quantitative estimate of drug-likeness (QED) is 0.392. The summed E-state index contributed by atoms with van der Waals surface area (Å²) in [5.74, 6) is -0.297. The lowest BCUT2D eigenvalue weighted by Gasteiger charge is -2.14. The van der Waals surface area contributed by atoms with E-state index in [0.717, 1.165) is 12.8 Å². The Kier molecular flexibility index (Phi) is 5.93. The fourth-order valence-corrected chi connectivity index (χ4v) is 0.844. The standard InChI is InChI=1S/C12H20O2/c1-12(2,3)10-8-6-5-7-9-11(13)14-4/h6-9H,5,10H2,1-4H3. The molecule has 0 aromatic rings. The number of ether oxygens (including phenoxy) is 1. The predicted octanol–water partition coefficient (Wildman–Crippen LogP) is 3.10. The van der Waals surface area contributed by atoms with Crippen molar-refractivity contribution >= 4 is 5.97 Å². The van der Waals surface area contributed by atoms with E-state index < -0.39 is 0 Å². The van der Waals surface area contributed by atoms with Gasteiger partial charge in [-0.3, -0.25) is 0 Å². The van der Waals surface area contributed by atoms with Crippen LogP contribution in [0.4, 0.5) is 0 Å². The molecule has 0 atom stereocenters. The van der Waals surface area contributed by atoms with E-state index in [1.54, 1.807) is 6.08 Å². The minimum absolute atomic E-state index is 0.297. The summed E-state index contributed by atoms with van der Waals surface area (Å²) in [5, 5.41) is 0. The monoisotopic (exact) mass is 196 g/mol. The third-order valence-corrected chi connectivity index (χ3v) is 1.62. The molecule has 0 bridgehead atoms. The fourth-order valence-electron chi connectivity index (χ4n) is 0.844. The number of allylic oxidation sites excluding steroid dienone is 3. The molecule has 0 aliphatic heterocycles. The highest BCUT2D eigenvalue weighted by Crippen LogP contribution is 2.18. The molecule has 2 heteroatoms. The predicted molar refractivity (Wildman–Crippen MR) is 59.0 cm³/mol. The van der Waals surface area contributed by atoms with Crippen molar-refractivity contribution in [3.63, 3.8) is 0 Å². The summed E-state index contributed by atoms with van der Waals surface area (Å²) >= 11 is 0. The van der Waals surface area contributed by atoms with Crippen molar-refractivity contribution in [1.82, 2.24) is 0 Å². The molecule has 0 saturated carbocycles. The van der Waals surface area contributed by atoms with E-state index in [2.05, 4.69) is 37.7 Å². The van der Waals surface area contributed by atoms with Crippen LogP contribution in [0.5, 0.6) is 0 Å². The van der Waals surface area contributed by atoms with Gasteiger partial charge in [-0.2, -0.15) is 0 Å². The first-order valence-corrected chi connectivity index (χ1v) is 4.85. The molecule has 0 unspecified atom stereocenters. The lowest BCUT2D eigenvalue weighted by Crippen LogP contribution is -2.01. The van der Waals surface area contributed by atoms with Gasteiger partial charge in [0.2, 0.25) is 0 Å². The molecule has 0 aromatic heterocycles. The van der Waals surface area contributed by atoms with E-state index in [0.29, 0.717) is 5.41 Å². The van der Waals surface area contributed by atoms with Crippen LogP contribution >= 0.6 is 0 Å². The second kappa shape index (κ2) is 6.41. The van der Waals surface area contributed by atoms with Crippen molar-refractivity contribution in [3.8, 4) is 0 Å². The highest BCUT2D eigenvalue weighted by molar-refractivity contribution is 5.81. The molecule has 0 rings (SSSR count). The van der Waals surface area contributed by atoms with E-state index in [4.69, 9.17) is 0 Å². The Bertz CT molecular complexity index is 219. The molecule has 0 aliphatic carbocycles. The lowest BCUT2D eigenvalue weighted by molar-refractivity contribution is -0.134. The Labute approximate surface area is 86.6 Å². The molecule has 2 nitrogen and oxygen atoms in total. The number of methoxy groups -OCH3 is 1. The highest BCUT2D eigenvalue weighted by atomic mass is 16.5. The molecule has 0 spiro atoms. The van der Waals surface area contributed by atoms with Gasteiger partial charge in [0.15, 0.2) is 0 Å². The third kappa shape index (κ3) is 9.04. The van der Waals surface area contributed by atoms with Crippen LogP contribution < -0.4 is 0 Å². The van der Waals surface area contributed by atoms with E-state index >= 15 is 0 Å². The van der Waals surface area contributed by atoms with Crippen LogP contribution in [0, 0.1) is 5.41 Å². The second-order valence-corrected chi connectivity index (χ2v) is 4.40. The van der Waals surface area contributed by atoms with Crippen molar-refractivity contribution in [2.24, 2.45) is 5.41 Å². The van der Waals surface area contributed by atoms with Crippen LogP contribution in [0.3, 0.4) is 0 Å². The summed E-state index contributed by atoms with van der Waals surface area (Å²) in [6.07, 6.45) is 9.28. The normalized spacial score (nSPS) is 12.6. The van der Waals surface area contributed by atoms with Gasteiger partial charge in [0.25, 0.3) is 0 Å². The van der Waals surface area contributed by atoms with Crippen LogP contribution in [-0.4, -0.2) is 13.1 Å². The number of carbonyl (C=O) groups is 1. The molecule has 0 amide bonds. The average Bonchev–Trinajstić information content (AvgIpc) is 2.08. The van der Waals surface area contributed by atoms with Crippen LogP contribution in [0.2, 0.25) is 0 Å². The maximum atomic E-state index is 10.7. The molecule has 0 fully saturated rings. The van der Waals surface area contributed by atoms with Crippen molar-refractivity contribution in [2.75, 3.05) is 7.11 Å². The van der Waals surface area contributed by atoms with Gasteiger partial charge in [0.1, 0.15) is 0 Å². The van der Waals surface area contributed by atoms with Crippen LogP contribution in [-0.2, 0) is 9.53 Å². The minimum atomic E-state index is -0.297. The molecule has 0 radical (unpaired) electrons. The van der Waals surface area contributed by atoms with Crippen LogP contribution in [0.25, 0.3) is 0 Å². The molecule has 0 aromatic carbocycles. The summed E-state index contributed by atoms with van der Waals surface area (Å²) < 4.78 is 4.46. The third-order valence-electron chi connectivity index (χ3n) is 1.62. The van der Waals surface area contributed by atoms with E-state index in [-0.39, 0.29) is 5.97 Å². The van der Waals surface area contributed by atoms with Gasteiger partial charge in [0, 0.05) is 6.08 Å². The number of carbonyl (C=O) groups excluding carboxylic acids is 1. The zero-order chi connectivity index (χ0) is 11.0. The molecular formula is C12H20O2. The van der Waals surface area contributed by atoms with Crippen LogP contribution in [0.1, 0.15) is 33.6 Å². The van der Waals surface area contributed by atoms with Gasteiger partial charge >= 0.3 is 5.97 Å². The molecule has 0 heterocycles. The van der Waals surface area contributed by atoms with Gasteiger partial charge in [0.05, 0.1) is 7.11 Å². The first kappa shape index (κ1) is 12.9. The largest absolute Gasteiger partial charge is 0.466 e. The highest BCUT2D eigenvalue weighted by Gasteiger charge is 2.05. The Balaban J connectivity index is 3.64. The maximum absolute atomic E-state index is 10.7. The van der Waals surface area contributed by atoms with E-state index in [1.165, 1.54) is 13.2 Å². The maximum Gasteiger partial charge on any atom is 0.330 e. The molecule has 0 aliphatic rings. The summed E-state index contributed by atoms with van der Waals surface area (Å²) in [5.41, 5.74) is 0.336. The fraction of sp³-hybridized carbons (Fsp3) is 0.583. The smallest absolute Gasteiger partial charge is 0.330 e. The van der Waals surface area contributed by atoms with Gasteiger partial charge in [-0.25, -0.2) is 4.79 Å². The lowest BCUT2D eigenvalue weighted by atomic mass is 9.92. The number of esters is 1. The van der Waals surface area contributed by atoms with Gasteiger partial charge < -0.3 is 4.74 Å². The molecule has 0 N–H and O–H groups in total. The average molecular weight is 196 g/mol. The zero-order valence-corrected chi connectivity index (χ0v) is 9.54. The first-order valence-electron chi connectivity index (χ1n) is 4.85. The van der Waals surface area contributed by atoms with Crippen molar-refractivity contribution < 1.29 is 9.53 Å². The number of hydrogen-bond donors (Lipinski definition) is 0. The Morgan fingerprint density at radius 1 is 1.21 bits per heavy atom. The molecular weight excluding hydrogens is 176 g/mol. The first-order chi connectivity index (χ1) is 6.45. The van der Waals surface area contributed by atoms with Crippen LogP contribution in [0.15, 0.2) is 24.3 Å². The van der Waals surface area contributed by atoms with Gasteiger partial charge in [-0.1, -0.05) is 39.0 Å². The Morgan fingerprint density at radius 2 is 1.86 bits per heavy atom. The summed E-state index contributed by atoms with van der Waals surface area (Å²) in [6.45, 7) is 6.59. The van der Waals surface area contributed by atoms with E-state index in [9.17, 15) is 4.79 Å². The van der Waals surface area contributed by atoms with Gasteiger partial charge in [-0.05, 0) is 18.3 Å². The minimum Gasteiger partial charge on any atom is -0.466 e. The Morgan fingerprint density at radius 3 is 2.36 bits per heavy atom. The van der Waals surface area contributed by atoms with Crippen molar-refractivity contribution in [2.45, 2.75) is 33.6 Å². The summed E-state index contributed by atoms with van der Waals surface area (Å²) in [6, 6.07) is 0. The Hall–Kier alpha value is -1.05. The second-order valence-electron chi connectivity index (χ2n) is 4.40. The van der Waals surface area contributed by atoms with Crippen molar-refractivity contribution in [3.05, 3.63) is 24.3 Å². The molecule has 0 saturated heterocycles. The van der Waals surface area contributed by atoms with E-state index in [1.807, 2.05) is 0 Å².